The molecule has 15 heavy (non-hydrogen) atoms. The standard InChI is InChI=1S/C11H23N3O/c1-9(4-6-12)11(15)14-7-5-10(8-14)13(2)3/h9-10H,4-8,12H2,1-3H3. The third-order valence-corrected chi connectivity index (χ3v) is 3.23. The Labute approximate surface area is 92.4 Å². The van der Waals surface area contributed by atoms with E-state index in [1.165, 1.54) is 0 Å². The first-order chi connectivity index (χ1) is 7.06. The van der Waals surface area contributed by atoms with E-state index in [0.717, 1.165) is 25.9 Å². The Hall–Kier alpha value is -0.610. The summed E-state index contributed by atoms with van der Waals surface area (Å²) in [6.07, 6.45) is 1.88. The number of nitrogens with two attached hydrogens (primary N) is 1. The molecule has 2 atom stereocenters. The number of likely N-dealkylation sites (tertiary alicyclic amines) is 1. The highest BCUT2D eigenvalue weighted by molar-refractivity contribution is 5.78. The van der Waals surface area contributed by atoms with Crippen LogP contribution in [0.2, 0.25) is 0 Å². The van der Waals surface area contributed by atoms with Crippen molar-refractivity contribution in [1.82, 2.24) is 9.80 Å². The molecule has 0 aromatic carbocycles. The van der Waals surface area contributed by atoms with E-state index >= 15 is 0 Å². The second-order valence-electron chi connectivity index (χ2n) is 4.67. The Morgan fingerprint density at radius 1 is 1.60 bits per heavy atom. The highest BCUT2D eigenvalue weighted by Crippen LogP contribution is 2.16. The molecule has 88 valence electrons. The zero-order valence-electron chi connectivity index (χ0n) is 10.1. The first kappa shape index (κ1) is 12.5. The number of amides is 1. The average Bonchev–Trinajstić information content (AvgIpc) is 2.65. The van der Waals surface area contributed by atoms with Gasteiger partial charge in [0.25, 0.3) is 0 Å². The van der Waals surface area contributed by atoms with Crippen LogP contribution in [-0.4, -0.2) is 55.5 Å². The van der Waals surface area contributed by atoms with Crippen LogP contribution in [0, 0.1) is 5.92 Å². The van der Waals surface area contributed by atoms with Crippen molar-refractivity contribution in [2.45, 2.75) is 25.8 Å². The predicted octanol–water partition coefficient (Wildman–Crippen LogP) is 0.134. The molecule has 0 saturated carbocycles. The molecule has 2 N–H and O–H groups in total. The van der Waals surface area contributed by atoms with Crippen LogP contribution < -0.4 is 5.73 Å². The minimum Gasteiger partial charge on any atom is -0.341 e. The highest BCUT2D eigenvalue weighted by Gasteiger charge is 2.29. The summed E-state index contributed by atoms with van der Waals surface area (Å²) in [5, 5.41) is 0. The molecule has 0 aliphatic carbocycles. The summed E-state index contributed by atoms with van der Waals surface area (Å²) in [6, 6.07) is 0.527. The Balaban J connectivity index is 2.42. The quantitative estimate of drug-likeness (QED) is 0.722. The van der Waals surface area contributed by atoms with Crippen LogP contribution in [0.1, 0.15) is 19.8 Å². The van der Waals surface area contributed by atoms with E-state index in [9.17, 15) is 4.79 Å². The fourth-order valence-corrected chi connectivity index (χ4v) is 2.05. The van der Waals surface area contributed by atoms with E-state index in [2.05, 4.69) is 19.0 Å². The van der Waals surface area contributed by atoms with E-state index in [1.54, 1.807) is 0 Å². The summed E-state index contributed by atoms with van der Waals surface area (Å²) < 4.78 is 0. The summed E-state index contributed by atoms with van der Waals surface area (Å²) >= 11 is 0. The van der Waals surface area contributed by atoms with Crippen LogP contribution >= 0.6 is 0 Å². The van der Waals surface area contributed by atoms with Crippen molar-refractivity contribution in [2.24, 2.45) is 11.7 Å². The third-order valence-electron chi connectivity index (χ3n) is 3.23. The molecule has 0 radical (unpaired) electrons. The Morgan fingerprint density at radius 3 is 2.73 bits per heavy atom. The van der Waals surface area contributed by atoms with Gasteiger partial charge in [-0.1, -0.05) is 6.92 Å². The molecule has 0 aromatic rings. The van der Waals surface area contributed by atoms with Crippen LogP contribution in [0.4, 0.5) is 0 Å². The monoisotopic (exact) mass is 213 g/mol. The van der Waals surface area contributed by atoms with Gasteiger partial charge in [0.15, 0.2) is 0 Å². The van der Waals surface area contributed by atoms with Gasteiger partial charge in [-0.15, -0.1) is 0 Å². The van der Waals surface area contributed by atoms with E-state index in [0.29, 0.717) is 12.6 Å². The molecule has 1 fully saturated rings. The largest absolute Gasteiger partial charge is 0.341 e. The van der Waals surface area contributed by atoms with Gasteiger partial charge in [-0.2, -0.15) is 0 Å². The van der Waals surface area contributed by atoms with Gasteiger partial charge in [0.2, 0.25) is 5.91 Å². The molecule has 0 aromatic heterocycles. The lowest BCUT2D eigenvalue weighted by Crippen LogP contribution is -2.37. The van der Waals surface area contributed by atoms with Gasteiger partial charge >= 0.3 is 0 Å². The van der Waals surface area contributed by atoms with Crippen LogP contribution in [0.5, 0.6) is 0 Å². The van der Waals surface area contributed by atoms with Crippen molar-refractivity contribution in [3.63, 3.8) is 0 Å². The fraction of sp³-hybridized carbons (Fsp3) is 0.909. The second kappa shape index (κ2) is 5.47. The lowest BCUT2D eigenvalue weighted by molar-refractivity contribution is -0.134. The van der Waals surface area contributed by atoms with Crippen LogP contribution in [0.3, 0.4) is 0 Å². The van der Waals surface area contributed by atoms with Crippen molar-refractivity contribution in [3.8, 4) is 0 Å². The molecule has 1 rings (SSSR count). The van der Waals surface area contributed by atoms with E-state index in [1.807, 2.05) is 11.8 Å². The Kier molecular flexibility index (Phi) is 4.54. The number of carbonyl (C=O) groups excluding carboxylic acids is 1. The van der Waals surface area contributed by atoms with Gasteiger partial charge in [0.1, 0.15) is 0 Å². The van der Waals surface area contributed by atoms with Gasteiger partial charge < -0.3 is 15.5 Å². The molecule has 0 spiro atoms. The fourth-order valence-electron chi connectivity index (χ4n) is 2.05. The molecule has 2 unspecified atom stereocenters. The Bertz CT molecular complexity index is 218. The number of rotatable bonds is 4. The van der Waals surface area contributed by atoms with Gasteiger partial charge in [-0.3, -0.25) is 4.79 Å². The summed E-state index contributed by atoms with van der Waals surface area (Å²) in [4.78, 5) is 16.1. The molecular weight excluding hydrogens is 190 g/mol. The first-order valence-corrected chi connectivity index (χ1v) is 5.71. The van der Waals surface area contributed by atoms with Crippen LogP contribution in [-0.2, 0) is 4.79 Å². The SMILES string of the molecule is CC(CCN)C(=O)N1CCC(N(C)C)C1. The summed E-state index contributed by atoms with van der Waals surface area (Å²) in [5.41, 5.74) is 5.46. The van der Waals surface area contributed by atoms with Crippen molar-refractivity contribution in [2.75, 3.05) is 33.7 Å². The molecule has 1 amide bonds. The molecule has 4 nitrogen and oxygen atoms in total. The summed E-state index contributed by atoms with van der Waals surface area (Å²) in [5.74, 6) is 0.348. The van der Waals surface area contributed by atoms with Gasteiger partial charge in [0, 0.05) is 25.0 Å². The number of hydrogen-bond donors (Lipinski definition) is 1. The van der Waals surface area contributed by atoms with E-state index in [-0.39, 0.29) is 11.8 Å². The third kappa shape index (κ3) is 3.18. The van der Waals surface area contributed by atoms with E-state index in [4.69, 9.17) is 5.73 Å². The number of nitrogens with zero attached hydrogens (tertiary/aromatic N) is 2. The molecule has 1 aliphatic heterocycles. The van der Waals surface area contributed by atoms with Gasteiger partial charge in [-0.05, 0) is 33.5 Å². The van der Waals surface area contributed by atoms with Crippen molar-refractivity contribution in [3.05, 3.63) is 0 Å². The van der Waals surface area contributed by atoms with Crippen LogP contribution in [0.25, 0.3) is 0 Å². The van der Waals surface area contributed by atoms with Gasteiger partial charge in [0.05, 0.1) is 0 Å². The van der Waals surface area contributed by atoms with Crippen molar-refractivity contribution in [1.29, 1.82) is 0 Å². The molecule has 1 saturated heterocycles. The first-order valence-electron chi connectivity index (χ1n) is 5.71. The van der Waals surface area contributed by atoms with Crippen molar-refractivity contribution >= 4 is 5.91 Å². The highest BCUT2D eigenvalue weighted by atomic mass is 16.2. The minimum atomic E-state index is 0.0795. The van der Waals surface area contributed by atoms with E-state index < -0.39 is 0 Å². The summed E-state index contributed by atoms with van der Waals surface area (Å²) in [7, 11) is 4.14. The number of carbonyl (C=O) groups is 1. The maximum Gasteiger partial charge on any atom is 0.225 e. The smallest absolute Gasteiger partial charge is 0.225 e. The number of likely N-dealkylation sites (N-methyl/N-ethyl adjacent to an activating group) is 1. The predicted molar refractivity (Wildman–Crippen MR) is 61.5 cm³/mol. The average molecular weight is 213 g/mol. The zero-order valence-corrected chi connectivity index (χ0v) is 10.1. The maximum atomic E-state index is 12.0. The van der Waals surface area contributed by atoms with Crippen LogP contribution in [0.15, 0.2) is 0 Å². The van der Waals surface area contributed by atoms with Gasteiger partial charge in [-0.25, -0.2) is 0 Å². The summed E-state index contributed by atoms with van der Waals surface area (Å²) in [6.45, 7) is 4.34. The lowest BCUT2D eigenvalue weighted by atomic mass is 10.1. The lowest BCUT2D eigenvalue weighted by Gasteiger charge is -2.22. The minimum absolute atomic E-state index is 0.0795. The molecule has 4 heteroatoms. The molecule has 1 heterocycles. The second-order valence-corrected chi connectivity index (χ2v) is 4.67. The maximum absolute atomic E-state index is 12.0. The molecular formula is C11H23N3O. The normalized spacial score (nSPS) is 23.5. The van der Waals surface area contributed by atoms with Crippen molar-refractivity contribution < 1.29 is 4.79 Å². The topological polar surface area (TPSA) is 49.6 Å². The Morgan fingerprint density at radius 2 is 2.27 bits per heavy atom. The number of hydrogen-bond acceptors (Lipinski definition) is 3. The molecule has 1 aliphatic rings. The molecule has 0 bridgehead atoms. The zero-order chi connectivity index (χ0) is 11.4.